The molecule has 1 aliphatic heterocycles. The van der Waals surface area contributed by atoms with Gasteiger partial charge in [0, 0.05) is 12.1 Å². The van der Waals surface area contributed by atoms with Crippen LogP contribution in [0.25, 0.3) is 0 Å². The number of ether oxygens (including phenoxy) is 2. The van der Waals surface area contributed by atoms with E-state index >= 15 is 0 Å². The summed E-state index contributed by atoms with van der Waals surface area (Å²) in [7, 11) is 0. The van der Waals surface area contributed by atoms with Crippen LogP contribution in [0.3, 0.4) is 0 Å². The number of carbonyl (C=O) groups excluding carboxylic acids is 3. The lowest BCUT2D eigenvalue weighted by Gasteiger charge is -2.22. The van der Waals surface area contributed by atoms with Gasteiger partial charge in [-0.05, 0) is 18.1 Å². The highest BCUT2D eigenvalue weighted by molar-refractivity contribution is 5.93. The lowest BCUT2D eigenvalue weighted by molar-refractivity contribution is -0.162. The van der Waals surface area contributed by atoms with Gasteiger partial charge in [0.25, 0.3) is 0 Å². The number of para-hydroxylation sites is 1. The molecule has 1 heterocycles. The van der Waals surface area contributed by atoms with Crippen molar-refractivity contribution in [2.24, 2.45) is 5.92 Å². The fourth-order valence-electron chi connectivity index (χ4n) is 2.13. The molecule has 124 valence electrons. The van der Waals surface area contributed by atoms with Crippen LogP contribution >= 0.6 is 0 Å². The molecule has 1 aliphatic rings. The van der Waals surface area contributed by atoms with Crippen LogP contribution in [-0.2, 0) is 19.1 Å². The predicted molar refractivity (Wildman–Crippen MR) is 82.7 cm³/mol. The van der Waals surface area contributed by atoms with Crippen LogP contribution in [0.4, 0.5) is 10.5 Å². The topological polar surface area (TPSA) is 93.7 Å². The van der Waals surface area contributed by atoms with Crippen LogP contribution in [0.2, 0.25) is 0 Å². The Morgan fingerprint density at radius 3 is 2.52 bits per heavy atom. The quantitative estimate of drug-likeness (QED) is 0.805. The Morgan fingerprint density at radius 1 is 1.26 bits per heavy atom. The average Bonchev–Trinajstić information content (AvgIpc) is 2.90. The van der Waals surface area contributed by atoms with E-state index in [0.717, 1.165) is 0 Å². The number of nitrogens with one attached hydrogen (secondary N) is 2. The summed E-state index contributed by atoms with van der Waals surface area (Å²) >= 11 is 0. The number of hydrogen-bond acceptors (Lipinski definition) is 5. The van der Waals surface area contributed by atoms with Gasteiger partial charge in [-0.25, -0.2) is 14.4 Å². The van der Waals surface area contributed by atoms with Crippen LogP contribution in [-0.4, -0.2) is 36.7 Å². The van der Waals surface area contributed by atoms with Gasteiger partial charge >= 0.3 is 18.0 Å². The van der Waals surface area contributed by atoms with E-state index in [4.69, 9.17) is 9.47 Å². The van der Waals surface area contributed by atoms with Crippen molar-refractivity contribution in [3.05, 3.63) is 30.3 Å². The molecule has 2 amide bonds. The summed E-state index contributed by atoms with van der Waals surface area (Å²) in [5, 5.41) is 5.21. The number of benzene rings is 1. The molecule has 0 spiro atoms. The molecule has 2 atom stereocenters. The molecular weight excluding hydrogens is 300 g/mol. The minimum atomic E-state index is -0.886. The Kier molecular flexibility index (Phi) is 5.56. The maximum Gasteiger partial charge on any atom is 0.347 e. The zero-order valence-corrected chi connectivity index (χ0v) is 13.1. The highest BCUT2D eigenvalue weighted by atomic mass is 16.6. The standard InChI is InChI=1S/C16H20N2O5/c1-10(2)13(15(20)23-12-8-9-22-14(12)19)18-16(21)17-11-6-4-3-5-7-11/h3-7,10,12-13H,8-9H2,1-2H3,(H2,17,18,21)/t12-,13-/m1/s1. The molecule has 2 rings (SSSR count). The van der Waals surface area contributed by atoms with Crippen molar-refractivity contribution in [1.29, 1.82) is 0 Å². The fraction of sp³-hybridized carbons (Fsp3) is 0.438. The Labute approximate surface area is 134 Å². The normalized spacial score (nSPS) is 18.2. The van der Waals surface area contributed by atoms with Crippen LogP contribution in [0, 0.1) is 5.92 Å². The first-order valence-electron chi connectivity index (χ1n) is 7.47. The zero-order chi connectivity index (χ0) is 16.8. The lowest BCUT2D eigenvalue weighted by atomic mass is 10.0. The SMILES string of the molecule is CC(C)[C@@H](NC(=O)Nc1ccccc1)C(=O)O[C@@H]1CCOC1=O. The molecule has 7 heteroatoms. The number of rotatable bonds is 5. The minimum Gasteiger partial charge on any atom is -0.463 e. The zero-order valence-electron chi connectivity index (χ0n) is 13.1. The summed E-state index contributed by atoms with van der Waals surface area (Å²) in [6.07, 6.45) is -0.547. The van der Waals surface area contributed by atoms with E-state index in [1.165, 1.54) is 0 Å². The third-order valence-electron chi connectivity index (χ3n) is 3.38. The number of esters is 2. The molecule has 23 heavy (non-hydrogen) atoms. The van der Waals surface area contributed by atoms with E-state index in [1.54, 1.807) is 38.1 Å². The molecular formula is C16H20N2O5. The third kappa shape index (κ3) is 4.70. The molecule has 2 N–H and O–H groups in total. The molecule has 7 nitrogen and oxygen atoms in total. The van der Waals surface area contributed by atoms with Gasteiger partial charge in [0.1, 0.15) is 6.04 Å². The van der Waals surface area contributed by atoms with Crippen LogP contribution in [0.5, 0.6) is 0 Å². The van der Waals surface area contributed by atoms with Crippen molar-refractivity contribution in [1.82, 2.24) is 5.32 Å². The number of cyclic esters (lactones) is 1. The van der Waals surface area contributed by atoms with Crippen molar-refractivity contribution < 1.29 is 23.9 Å². The van der Waals surface area contributed by atoms with Crippen LogP contribution in [0.15, 0.2) is 30.3 Å². The Hall–Kier alpha value is -2.57. The van der Waals surface area contributed by atoms with E-state index in [1.807, 2.05) is 6.07 Å². The molecule has 0 radical (unpaired) electrons. The van der Waals surface area contributed by atoms with Crippen molar-refractivity contribution >= 4 is 23.7 Å². The number of anilines is 1. The first-order valence-corrected chi connectivity index (χ1v) is 7.47. The van der Waals surface area contributed by atoms with E-state index < -0.39 is 30.1 Å². The second-order valence-electron chi connectivity index (χ2n) is 5.57. The van der Waals surface area contributed by atoms with Gasteiger partial charge in [-0.2, -0.15) is 0 Å². The van der Waals surface area contributed by atoms with Gasteiger partial charge < -0.3 is 20.1 Å². The van der Waals surface area contributed by atoms with Crippen molar-refractivity contribution in [3.8, 4) is 0 Å². The minimum absolute atomic E-state index is 0.193. The Balaban J connectivity index is 1.93. The lowest BCUT2D eigenvalue weighted by Crippen LogP contribution is -2.48. The summed E-state index contributed by atoms with van der Waals surface area (Å²) in [6, 6.07) is 7.50. The van der Waals surface area contributed by atoms with Crippen LogP contribution < -0.4 is 10.6 Å². The highest BCUT2D eigenvalue weighted by Crippen LogP contribution is 2.14. The van der Waals surface area contributed by atoms with Gasteiger partial charge in [-0.15, -0.1) is 0 Å². The van der Waals surface area contributed by atoms with Crippen molar-refractivity contribution in [2.45, 2.75) is 32.4 Å². The first-order chi connectivity index (χ1) is 11.0. The maximum atomic E-state index is 12.2. The van der Waals surface area contributed by atoms with E-state index in [9.17, 15) is 14.4 Å². The predicted octanol–water partition coefficient (Wildman–Crippen LogP) is 1.69. The first kappa shape index (κ1) is 16.8. The molecule has 1 aromatic carbocycles. The monoisotopic (exact) mass is 320 g/mol. The fourth-order valence-corrected chi connectivity index (χ4v) is 2.13. The molecule has 0 aliphatic carbocycles. The van der Waals surface area contributed by atoms with E-state index in [0.29, 0.717) is 12.1 Å². The Morgan fingerprint density at radius 2 is 1.96 bits per heavy atom. The van der Waals surface area contributed by atoms with Gasteiger partial charge in [0.2, 0.25) is 6.10 Å². The molecule has 0 aromatic heterocycles. The smallest absolute Gasteiger partial charge is 0.347 e. The summed E-state index contributed by atoms with van der Waals surface area (Å²) in [4.78, 5) is 35.6. The molecule has 0 saturated carbocycles. The molecule has 0 bridgehead atoms. The third-order valence-corrected chi connectivity index (χ3v) is 3.38. The number of carbonyl (C=O) groups is 3. The number of hydrogen-bond donors (Lipinski definition) is 2. The van der Waals surface area contributed by atoms with Crippen molar-refractivity contribution in [3.63, 3.8) is 0 Å². The van der Waals surface area contributed by atoms with Gasteiger partial charge in [0.15, 0.2) is 0 Å². The second-order valence-corrected chi connectivity index (χ2v) is 5.57. The highest BCUT2D eigenvalue weighted by Gasteiger charge is 2.34. The molecule has 1 aromatic rings. The molecule has 0 unspecified atom stereocenters. The number of urea groups is 1. The molecule has 1 fully saturated rings. The molecule has 1 saturated heterocycles. The van der Waals surface area contributed by atoms with Gasteiger partial charge in [0.05, 0.1) is 6.61 Å². The van der Waals surface area contributed by atoms with Crippen molar-refractivity contribution in [2.75, 3.05) is 11.9 Å². The number of amides is 2. The maximum absolute atomic E-state index is 12.2. The van der Waals surface area contributed by atoms with Crippen LogP contribution in [0.1, 0.15) is 20.3 Å². The summed E-state index contributed by atoms with van der Waals surface area (Å²) in [6.45, 7) is 3.80. The van der Waals surface area contributed by atoms with Gasteiger partial charge in [-0.1, -0.05) is 32.0 Å². The average molecular weight is 320 g/mol. The summed E-state index contributed by atoms with van der Waals surface area (Å²) in [5.41, 5.74) is 0.611. The second kappa shape index (κ2) is 7.62. The largest absolute Gasteiger partial charge is 0.463 e. The van der Waals surface area contributed by atoms with E-state index in [2.05, 4.69) is 10.6 Å². The van der Waals surface area contributed by atoms with Gasteiger partial charge in [-0.3, -0.25) is 0 Å². The summed E-state index contributed by atoms with van der Waals surface area (Å²) < 4.78 is 9.89. The Bertz CT molecular complexity index is 573. The van der Waals surface area contributed by atoms with E-state index in [-0.39, 0.29) is 12.5 Å². The summed E-state index contributed by atoms with van der Waals surface area (Å²) in [5.74, 6) is -1.39.